The number of carbonyl (C=O) groups is 3. The molecule has 3 N–H and O–H groups in total. The minimum atomic E-state index is -1.18. The topological polar surface area (TPSA) is 113 Å². The molecule has 8 heteroatoms. The van der Waals surface area contributed by atoms with Gasteiger partial charge in [-0.3, -0.25) is 9.59 Å². The van der Waals surface area contributed by atoms with Crippen molar-refractivity contribution in [2.45, 2.75) is 32.2 Å². The molecule has 0 spiro atoms. The van der Waals surface area contributed by atoms with Gasteiger partial charge in [-0.1, -0.05) is 6.92 Å². The van der Waals surface area contributed by atoms with Crippen LogP contribution in [0.1, 0.15) is 26.2 Å². The van der Waals surface area contributed by atoms with Crippen molar-refractivity contribution in [3.8, 4) is 0 Å². The van der Waals surface area contributed by atoms with Gasteiger partial charge in [0.05, 0.1) is 17.8 Å². The first-order valence-electron chi connectivity index (χ1n) is 5.46. The molecule has 18 heavy (non-hydrogen) atoms. The summed E-state index contributed by atoms with van der Waals surface area (Å²) in [6.45, 7) is 1.50. The number of aliphatic carboxylic acids is 1. The highest BCUT2D eigenvalue weighted by molar-refractivity contribution is 7.95. The Morgan fingerprint density at radius 2 is 2.06 bits per heavy atom. The molecule has 0 bridgehead atoms. The van der Waals surface area contributed by atoms with Gasteiger partial charge in [-0.15, -0.1) is 0 Å². The lowest BCUT2D eigenvalue weighted by Gasteiger charge is -2.12. The van der Waals surface area contributed by atoms with Gasteiger partial charge in [0.25, 0.3) is 0 Å². The number of carbonyl (C=O) groups excluding carboxylic acids is 2. The van der Waals surface area contributed by atoms with Gasteiger partial charge in [-0.2, -0.15) is 0 Å². The third-order valence-corrected chi connectivity index (χ3v) is 2.65. The van der Waals surface area contributed by atoms with Gasteiger partial charge < -0.3 is 19.7 Å². The fraction of sp³-hybridized carbons (Fsp3) is 0.700. The van der Waals surface area contributed by atoms with Crippen molar-refractivity contribution in [1.82, 2.24) is 5.32 Å². The van der Waals surface area contributed by atoms with Crippen LogP contribution in [0, 0.1) is 0 Å². The van der Waals surface area contributed by atoms with E-state index in [1.807, 2.05) is 0 Å². The third-order valence-electron chi connectivity index (χ3n) is 1.88. The van der Waals surface area contributed by atoms with Crippen LogP contribution in [0.3, 0.4) is 0 Å². The lowest BCUT2D eigenvalue weighted by molar-refractivity contribution is -0.141. The van der Waals surface area contributed by atoms with Crippen molar-refractivity contribution in [1.29, 1.82) is 0 Å². The molecule has 0 aliphatic heterocycles. The number of aliphatic hydroxyl groups is 1. The summed E-state index contributed by atoms with van der Waals surface area (Å²) in [6, 6.07) is -1.09. The number of nitrogens with one attached hydrogen (secondary N) is 1. The van der Waals surface area contributed by atoms with Gasteiger partial charge in [-0.25, -0.2) is 4.79 Å². The molecule has 1 atom stereocenters. The van der Waals surface area contributed by atoms with Gasteiger partial charge in [0.1, 0.15) is 6.04 Å². The normalized spacial score (nSPS) is 11.7. The molecular weight excluding hydrogens is 262 g/mol. The van der Waals surface area contributed by atoms with Crippen LogP contribution in [0.2, 0.25) is 0 Å². The van der Waals surface area contributed by atoms with Crippen LogP contribution >= 0.6 is 12.0 Å². The van der Waals surface area contributed by atoms with Gasteiger partial charge in [-0.05, 0) is 6.42 Å². The highest BCUT2D eigenvalue weighted by Gasteiger charge is 2.20. The summed E-state index contributed by atoms with van der Waals surface area (Å²) >= 11 is 0.674. The van der Waals surface area contributed by atoms with Crippen molar-refractivity contribution >= 4 is 29.9 Å². The molecule has 0 saturated carbocycles. The average Bonchev–Trinajstić information content (AvgIpc) is 2.34. The van der Waals surface area contributed by atoms with E-state index in [1.165, 1.54) is 0 Å². The Balaban J connectivity index is 3.94. The summed E-state index contributed by atoms with van der Waals surface area (Å²) in [5.74, 6) is -2.16. The summed E-state index contributed by atoms with van der Waals surface area (Å²) in [5, 5.41) is 19.6. The second-order valence-corrected chi connectivity index (χ2v) is 4.11. The van der Waals surface area contributed by atoms with Gasteiger partial charge in [0.2, 0.25) is 5.91 Å². The molecular formula is C10H17NO6S. The van der Waals surface area contributed by atoms with E-state index < -0.39 is 18.0 Å². The van der Waals surface area contributed by atoms with E-state index in [9.17, 15) is 14.4 Å². The predicted octanol–water partition coefficient (Wildman–Crippen LogP) is -0.0703. The Kier molecular flexibility index (Phi) is 9.03. The van der Waals surface area contributed by atoms with E-state index in [1.54, 1.807) is 6.92 Å². The smallest absolute Gasteiger partial charge is 0.327 e. The van der Waals surface area contributed by atoms with E-state index >= 15 is 0 Å². The van der Waals surface area contributed by atoms with E-state index in [2.05, 4.69) is 5.32 Å². The van der Waals surface area contributed by atoms with Crippen LogP contribution in [0.5, 0.6) is 0 Å². The van der Waals surface area contributed by atoms with Crippen LogP contribution in [0.15, 0.2) is 0 Å². The number of rotatable bonds is 9. The van der Waals surface area contributed by atoms with Gasteiger partial charge in [0.15, 0.2) is 0 Å². The number of amides is 1. The zero-order valence-corrected chi connectivity index (χ0v) is 10.9. The first-order chi connectivity index (χ1) is 8.51. The van der Waals surface area contributed by atoms with E-state index in [4.69, 9.17) is 14.4 Å². The number of aliphatic hydroxyl groups excluding tert-OH is 1. The maximum absolute atomic E-state index is 11.0. The lowest BCUT2D eigenvalue weighted by atomic mass is 10.3. The van der Waals surface area contributed by atoms with Gasteiger partial charge in [0, 0.05) is 19.4 Å². The zero-order valence-electron chi connectivity index (χ0n) is 10.0. The summed E-state index contributed by atoms with van der Waals surface area (Å²) in [5.41, 5.74) is 0. The Morgan fingerprint density at radius 3 is 2.56 bits per heavy atom. The fourth-order valence-electron chi connectivity index (χ4n) is 0.904. The second-order valence-electron chi connectivity index (χ2n) is 3.38. The maximum Gasteiger partial charge on any atom is 0.327 e. The first kappa shape index (κ1) is 16.7. The molecule has 0 aliphatic rings. The molecule has 0 aromatic rings. The molecule has 0 saturated heterocycles. The standard InChI is InChI=1S/C10H17NO6S/c1-2-8(13)11-7(10(15)16)6-18-17-9(14)4-3-5-12/h7,12H,2-6H2,1H3,(H,11,13)(H,15,16). The third kappa shape index (κ3) is 7.91. The predicted molar refractivity (Wildman–Crippen MR) is 64.7 cm³/mol. The monoisotopic (exact) mass is 279 g/mol. The van der Waals surface area contributed by atoms with E-state index in [0.717, 1.165) is 0 Å². The molecule has 0 rings (SSSR count). The van der Waals surface area contributed by atoms with E-state index in [0.29, 0.717) is 18.5 Å². The largest absolute Gasteiger partial charge is 0.480 e. The molecule has 1 amide bonds. The van der Waals surface area contributed by atoms with Crippen molar-refractivity contribution in [3.63, 3.8) is 0 Å². The Morgan fingerprint density at radius 1 is 1.39 bits per heavy atom. The Bertz CT molecular complexity index is 296. The summed E-state index contributed by atoms with van der Waals surface area (Å²) < 4.78 is 4.69. The average molecular weight is 279 g/mol. The Hall–Kier alpha value is -1.28. The van der Waals surface area contributed by atoms with Gasteiger partial charge >= 0.3 is 11.9 Å². The summed E-state index contributed by atoms with van der Waals surface area (Å²) in [4.78, 5) is 32.9. The minimum absolute atomic E-state index is 0.0636. The van der Waals surface area contributed by atoms with E-state index in [-0.39, 0.29) is 31.1 Å². The number of hydrogen-bond donors (Lipinski definition) is 3. The highest BCUT2D eigenvalue weighted by atomic mass is 32.2. The lowest BCUT2D eigenvalue weighted by Crippen LogP contribution is -2.42. The van der Waals surface area contributed by atoms with Crippen molar-refractivity contribution in [3.05, 3.63) is 0 Å². The first-order valence-corrected chi connectivity index (χ1v) is 6.37. The van der Waals surface area contributed by atoms with Crippen LogP contribution in [-0.2, 0) is 18.6 Å². The molecule has 0 fully saturated rings. The molecule has 0 heterocycles. The zero-order chi connectivity index (χ0) is 14.0. The quantitative estimate of drug-likeness (QED) is 0.506. The highest BCUT2D eigenvalue weighted by Crippen LogP contribution is 2.08. The fourth-order valence-corrected chi connectivity index (χ4v) is 1.55. The van der Waals surface area contributed by atoms with Crippen molar-refractivity contribution < 1.29 is 28.8 Å². The Labute approximate surface area is 109 Å². The molecule has 0 aromatic heterocycles. The molecule has 0 aliphatic carbocycles. The van der Waals surface area contributed by atoms with Crippen LogP contribution in [0.4, 0.5) is 0 Å². The molecule has 104 valence electrons. The second kappa shape index (κ2) is 9.72. The van der Waals surface area contributed by atoms with Crippen LogP contribution < -0.4 is 5.32 Å². The van der Waals surface area contributed by atoms with Crippen molar-refractivity contribution in [2.24, 2.45) is 0 Å². The number of hydrogen-bond acceptors (Lipinski definition) is 6. The SMILES string of the molecule is CCC(=O)NC(CSOC(=O)CCCO)C(=O)O. The van der Waals surface area contributed by atoms with Crippen LogP contribution in [-0.4, -0.2) is 46.5 Å². The molecule has 1 unspecified atom stereocenters. The number of carboxylic acid groups (broad SMARTS) is 1. The maximum atomic E-state index is 11.0. The summed E-state index contributed by atoms with van der Waals surface area (Å²) in [7, 11) is 0. The summed E-state index contributed by atoms with van der Waals surface area (Å²) in [6.07, 6.45) is 0.557. The van der Waals surface area contributed by atoms with Crippen LogP contribution in [0.25, 0.3) is 0 Å². The number of carboxylic acids is 1. The minimum Gasteiger partial charge on any atom is -0.480 e. The molecule has 7 nitrogen and oxygen atoms in total. The molecule has 0 aromatic carbocycles. The molecule has 0 radical (unpaired) electrons. The van der Waals surface area contributed by atoms with Crippen molar-refractivity contribution in [2.75, 3.05) is 12.4 Å².